The van der Waals surface area contributed by atoms with Gasteiger partial charge in [-0.15, -0.1) is 0 Å². The van der Waals surface area contributed by atoms with Crippen LogP contribution in [-0.2, 0) is 10.3 Å². The number of hydrogen-bond acceptors (Lipinski definition) is 3. The third-order valence-electron chi connectivity index (χ3n) is 2.81. The largest absolute Gasteiger partial charge is 0.394 e. The van der Waals surface area contributed by atoms with E-state index in [1.807, 2.05) is 37.3 Å². The number of hydrogen-bond donors (Lipinski definition) is 2. The minimum absolute atomic E-state index is 0.0363. The zero-order valence-electron chi connectivity index (χ0n) is 10.8. The van der Waals surface area contributed by atoms with Crippen LogP contribution >= 0.6 is 0 Å². The number of likely N-dealkylation sites (N-methyl/N-ethyl adjacent to an activating group) is 1. The molecule has 0 bridgehead atoms. The van der Waals surface area contributed by atoms with Crippen molar-refractivity contribution in [2.75, 3.05) is 26.4 Å². The third-order valence-corrected chi connectivity index (χ3v) is 2.81. The number of aliphatic hydroxyl groups is 1. The fourth-order valence-electron chi connectivity index (χ4n) is 1.92. The van der Waals surface area contributed by atoms with Crippen LogP contribution < -0.4 is 5.32 Å². The minimum atomic E-state index is -0.481. The van der Waals surface area contributed by atoms with Crippen LogP contribution in [0.2, 0.25) is 0 Å². The topological polar surface area (TPSA) is 41.5 Å². The van der Waals surface area contributed by atoms with Crippen molar-refractivity contribution in [3.05, 3.63) is 35.9 Å². The lowest BCUT2D eigenvalue weighted by molar-refractivity contribution is 0.0346. The average Bonchev–Trinajstić information content (AvgIpc) is 2.39. The second-order valence-electron chi connectivity index (χ2n) is 4.19. The molecule has 0 aromatic heterocycles. The summed E-state index contributed by atoms with van der Waals surface area (Å²) in [5, 5.41) is 13.1. The fourth-order valence-corrected chi connectivity index (χ4v) is 1.92. The quantitative estimate of drug-likeness (QED) is 0.679. The van der Waals surface area contributed by atoms with E-state index in [9.17, 15) is 5.11 Å². The monoisotopic (exact) mass is 237 g/mol. The first-order valence-electron chi connectivity index (χ1n) is 6.28. The maximum absolute atomic E-state index is 9.72. The van der Waals surface area contributed by atoms with Crippen LogP contribution in [0.1, 0.15) is 25.8 Å². The van der Waals surface area contributed by atoms with Gasteiger partial charge in [0, 0.05) is 6.61 Å². The molecule has 3 heteroatoms. The zero-order valence-corrected chi connectivity index (χ0v) is 10.8. The predicted molar refractivity (Wildman–Crippen MR) is 70.0 cm³/mol. The Morgan fingerprint density at radius 3 is 2.47 bits per heavy atom. The van der Waals surface area contributed by atoms with Crippen molar-refractivity contribution in [3.63, 3.8) is 0 Å². The maximum Gasteiger partial charge on any atom is 0.0905 e. The molecule has 0 amide bonds. The van der Waals surface area contributed by atoms with Crippen molar-refractivity contribution in [1.82, 2.24) is 5.32 Å². The molecule has 3 nitrogen and oxygen atoms in total. The van der Waals surface area contributed by atoms with E-state index < -0.39 is 5.54 Å². The van der Waals surface area contributed by atoms with Crippen molar-refractivity contribution in [1.29, 1.82) is 0 Å². The van der Waals surface area contributed by atoms with Gasteiger partial charge in [-0.3, -0.25) is 0 Å². The maximum atomic E-state index is 9.72. The Kier molecular flexibility index (Phi) is 6.19. The smallest absolute Gasteiger partial charge is 0.0905 e. The van der Waals surface area contributed by atoms with Gasteiger partial charge in [-0.1, -0.05) is 44.2 Å². The molecule has 0 aliphatic carbocycles. The molecule has 0 spiro atoms. The van der Waals surface area contributed by atoms with Crippen molar-refractivity contribution in [2.45, 2.75) is 25.8 Å². The molecule has 0 radical (unpaired) electrons. The number of benzene rings is 1. The van der Waals surface area contributed by atoms with Gasteiger partial charge in [0.05, 0.1) is 18.8 Å². The summed E-state index contributed by atoms with van der Waals surface area (Å²) in [7, 11) is 0. The van der Waals surface area contributed by atoms with Crippen molar-refractivity contribution in [3.8, 4) is 0 Å². The Bertz CT molecular complexity index is 302. The molecule has 96 valence electrons. The van der Waals surface area contributed by atoms with Gasteiger partial charge >= 0.3 is 0 Å². The van der Waals surface area contributed by atoms with E-state index in [1.165, 1.54) is 0 Å². The second kappa shape index (κ2) is 7.43. The molecular formula is C14H23NO2. The van der Waals surface area contributed by atoms with Crippen LogP contribution in [0.4, 0.5) is 0 Å². The number of ether oxygens (including phenoxy) is 1. The molecule has 0 saturated heterocycles. The molecule has 1 aromatic rings. The van der Waals surface area contributed by atoms with E-state index in [4.69, 9.17) is 4.74 Å². The molecule has 0 fully saturated rings. The summed E-state index contributed by atoms with van der Waals surface area (Å²) in [5.41, 5.74) is 0.589. The van der Waals surface area contributed by atoms with Crippen molar-refractivity contribution in [2.24, 2.45) is 0 Å². The highest BCUT2D eigenvalue weighted by molar-refractivity contribution is 5.25. The first-order chi connectivity index (χ1) is 8.29. The van der Waals surface area contributed by atoms with Crippen LogP contribution in [0, 0.1) is 0 Å². The molecule has 0 aliphatic rings. The molecule has 17 heavy (non-hydrogen) atoms. The van der Waals surface area contributed by atoms with Gasteiger partial charge < -0.3 is 15.2 Å². The van der Waals surface area contributed by atoms with Gasteiger partial charge in [0.2, 0.25) is 0 Å². The van der Waals surface area contributed by atoms with E-state index >= 15 is 0 Å². The molecule has 1 atom stereocenters. The Balaban J connectivity index is 2.83. The molecular weight excluding hydrogens is 214 g/mol. The summed E-state index contributed by atoms with van der Waals surface area (Å²) < 4.78 is 5.62. The lowest BCUT2D eigenvalue weighted by Crippen LogP contribution is -2.49. The Hall–Kier alpha value is -0.900. The van der Waals surface area contributed by atoms with Crippen LogP contribution in [0.5, 0.6) is 0 Å². The van der Waals surface area contributed by atoms with E-state index in [2.05, 4.69) is 12.2 Å². The first-order valence-corrected chi connectivity index (χ1v) is 6.28. The SMILES string of the molecule is CCCOCC(CO)(NCC)c1ccccc1. The normalized spacial score (nSPS) is 14.5. The molecule has 1 aromatic carbocycles. The molecule has 0 saturated carbocycles. The minimum Gasteiger partial charge on any atom is -0.394 e. The zero-order chi connectivity index (χ0) is 12.6. The van der Waals surface area contributed by atoms with Gasteiger partial charge in [0.25, 0.3) is 0 Å². The fraction of sp³-hybridized carbons (Fsp3) is 0.571. The van der Waals surface area contributed by atoms with Crippen molar-refractivity contribution < 1.29 is 9.84 Å². The molecule has 1 unspecified atom stereocenters. The van der Waals surface area contributed by atoms with Crippen LogP contribution in [0.25, 0.3) is 0 Å². The van der Waals surface area contributed by atoms with Gasteiger partial charge in [-0.2, -0.15) is 0 Å². The molecule has 0 heterocycles. The lowest BCUT2D eigenvalue weighted by atomic mass is 9.91. The van der Waals surface area contributed by atoms with E-state index in [0.717, 1.165) is 25.1 Å². The number of nitrogens with one attached hydrogen (secondary N) is 1. The third kappa shape index (κ3) is 3.80. The summed E-state index contributed by atoms with van der Waals surface area (Å²) in [5.74, 6) is 0. The number of rotatable bonds is 8. The Morgan fingerprint density at radius 1 is 1.24 bits per heavy atom. The summed E-state index contributed by atoms with van der Waals surface area (Å²) >= 11 is 0. The van der Waals surface area contributed by atoms with E-state index in [1.54, 1.807) is 0 Å². The van der Waals surface area contributed by atoms with E-state index in [-0.39, 0.29) is 6.61 Å². The lowest BCUT2D eigenvalue weighted by Gasteiger charge is -2.33. The van der Waals surface area contributed by atoms with Crippen LogP contribution in [0.15, 0.2) is 30.3 Å². The average molecular weight is 237 g/mol. The van der Waals surface area contributed by atoms with Crippen LogP contribution in [0.3, 0.4) is 0 Å². The van der Waals surface area contributed by atoms with Gasteiger partial charge in [0.1, 0.15) is 0 Å². The summed E-state index contributed by atoms with van der Waals surface area (Å²) in [6.07, 6.45) is 0.989. The van der Waals surface area contributed by atoms with Crippen molar-refractivity contribution >= 4 is 0 Å². The Labute approximate surface area is 104 Å². The molecule has 2 N–H and O–H groups in total. The summed E-state index contributed by atoms with van der Waals surface area (Å²) in [6.45, 7) is 6.16. The second-order valence-corrected chi connectivity index (χ2v) is 4.19. The van der Waals surface area contributed by atoms with E-state index in [0.29, 0.717) is 6.61 Å². The summed E-state index contributed by atoms with van der Waals surface area (Å²) in [4.78, 5) is 0. The van der Waals surface area contributed by atoms with Gasteiger partial charge in [-0.05, 0) is 18.5 Å². The number of aliphatic hydroxyl groups excluding tert-OH is 1. The standard InChI is InChI=1S/C14H23NO2/c1-3-10-17-12-14(11-16,15-4-2)13-8-6-5-7-9-13/h5-9,15-16H,3-4,10-12H2,1-2H3. The highest BCUT2D eigenvalue weighted by atomic mass is 16.5. The van der Waals surface area contributed by atoms with Gasteiger partial charge in [0.15, 0.2) is 0 Å². The first kappa shape index (κ1) is 14.2. The van der Waals surface area contributed by atoms with Crippen LogP contribution in [-0.4, -0.2) is 31.5 Å². The highest BCUT2D eigenvalue weighted by Gasteiger charge is 2.30. The molecule has 1 rings (SSSR count). The summed E-state index contributed by atoms with van der Waals surface area (Å²) in [6, 6.07) is 9.99. The Morgan fingerprint density at radius 2 is 1.94 bits per heavy atom. The highest BCUT2D eigenvalue weighted by Crippen LogP contribution is 2.21. The van der Waals surface area contributed by atoms with Gasteiger partial charge in [-0.25, -0.2) is 0 Å². The molecule has 0 aliphatic heterocycles. The predicted octanol–water partition coefficient (Wildman–Crippen LogP) is 1.91.